The van der Waals surface area contributed by atoms with E-state index in [0.717, 1.165) is 39.6 Å². The molecule has 1 atom stereocenters. The Morgan fingerprint density at radius 2 is 1.83 bits per heavy atom. The van der Waals surface area contributed by atoms with Crippen molar-refractivity contribution in [2.24, 2.45) is 5.73 Å². The summed E-state index contributed by atoms with van der Waals surface area (Å²) >= 11 is 0. The van der Waals surface area contributed by atoms with Crippen LogP contribution in [0.1, 0.15) is 29.5 Å². The SMILES string of the molecule is CCc1ccc(C2C(C#N)=C(N)Oc3n[nH]c(-c4cccc5ccccc45)c32)cc1. The van der Waals surface area contributed by atoms with Gasteiger partial charge in [0.05, 0.1) is 17.2 Å². The summed E-state index contributed by atoms with van der Waals surface area (Å²) in [5.41, 5.74) is 11.4. The maximum absolute atomic E-state index is 9.89. The Hall–Kier alpha value is -4.04. The second-order valence-electron chi connectivity index (χ2n) is 7.36. The molecule has 0 amide bonds. The number of nitrogens with two attached hydrogens (primary N) is 1. The standard InChI is InChI=1S/C25H20N4O/c1-2-15-10-12-17(13-11-15)21-20(14-26)24(27)30-25-22(21)23(28-29-25)19-9-5-7-16-6-3-4-8-18(16)19/h3-13,21H,2,27H2,1H3,(H,28,29). The number of hydrogen-bond donors (Lipinski definition) is 2. The molecule has 1 aromatic heterocycles. The quantitative estimate of drug-likeness (QED) is 0.513. The first kappa shape index (κ1) is 18.0. The van der Waals surface area contributed by atoms with E-state index in [1.807, 2.05) is 18.2 Å². The summed E-state index contributed by atoms with van der Waals surface area (Å²) < 4.78 is 5.74. The topological polar surface area (TPSA) is 87.7 Å². The molecule has 2 heterocycles. The van der Waals surface area contributed by atoms with Crippen molar-refractivity contribution in [1.82, 2.24) is 10.2 Å². The van der Waals surface area contributed by atoms with Crippen LogP contribution >= 0.6 is 0 Å². The van der Waals surface area contributed by atoms with Crippen LogP contribution in [0.5, 0.6) is 5.88 Å². The third kappa shape index (κ3) is 2.73. The number of nitriles is 1. The number of nitrogens with one attached hydrogen (secondary N) is 1. The third-order valence-electron chi connectivity index (χ3n) is 5.72. The van der Waals surface area contributed by atoms with Crippen LogP contribution < -0.4 is 10.5 Å². The van der Waals surface area contributed by atoms with E-state index >= 15 is 0 Å². The molecule has 0 spiro atoms. The van der Waals surface area contributed by atoms with Crippen molar-refractivity contribution in [2.45, 2.75) is 19.3 Å². The van der Waals surface area contributed by atoms with Gasteiger partial charge in [0.1, 0.15) is 11.6 Å². The summed E-state index contributed by atoms with van der Waals surface area (Å²) in [6.07, 6.45) is 0.954. The number of benzene rings is 3. The van der Waals surface area contributed by atoms with Gasteiger partial charge in [-0.1, -0.05) is 73.7 Å². The second-order valence-corrected chi connectivity index (χ2v) is 7.36. The Bertz CT molecular complexity index is 1320. The van der Waals surface area contributed by atoms with Crippen LogP contribution in [0, 0.1) is 11.3 Å². The Morgan fingerprint density at radius 1 is 1.07 bits per heavy atom. The summed E-state index contributed by atoms with van der Waals surface area (Å²) in [6, 6.07) is 24.9. The maximum Gasteiger partial charge on any atom is 0.244 e. The molecule has 5 rings (SSSR count). The van der Waals surface area contributed by atoms with Gasteiger partial charge in [-0.25, -0.2) is 0 Å². The van der Waals surface area contributed by atoms with Gasteiger partial charge in [-0.3, -0.25) is 5.10 Å². The summed E-state index contributed by atoms with van der Waals surface area (Å²) in [7, 11) is 0. The first-order valence-electron chi connectivity index (χ1n) is 9.94. The number of ether oxygens (including phenoxy) is 1. The van der Waals surface area contributed by atoms with Gasteiger partial charge in [0.25, 0.3) is 0 Å². The van der Waals surface area contributed by atoms with Gasteiger partial charge in [0.15, 0.2) is 0 Å². The molecule has 3 aromatic carbocycles. The molecule has 0 bridgehead atoms. The van der Waals surface area contributed by atoms with E-state index in [1.54, 1.807) is 0 Å². The summed E-state index contributed by atoms with van der Waals surface area (Å²) in [6.45, 7) is 2.12. The lowest BCUT2D eigenvalue weighted by Crippen LogP contribution is -2.21. The van der Waals surface area contributed by atoms with Gasteiger partial charge in [-0.15, -0.1) is 5.10 Å². The Balaban J connectivity index is 1.76. The monoisotopic (exact) mass is 392 g/mol. The largest absolute Gasteiger partial charge is 0.420 e. The van der Waals surface area contributed by atoms with Crippen LogP contribution in [0.3, 0.4) is 0 Å². The summed E-state index contributed by atoms with van der Waals surface area (Å²) in [5.74, 6) is 0.168. The smallest absolute Gasteiger partial charge is 0.244 e. The molecule has 1 unspecified atom stereocenters. The minimum atomic E-state index is -0.350. The Morgan fingerprint density at radius 3 is 2.60 bits per heavy atom. The highest BCUT2D eigenvalue weighted by molar-refractivity contribution is 5.97. The average Bonchev–Trinajstić information content (AvgIpc) is 3.21. The van der Waals surface area contributed by atoms with E-state index in [-0.39, 0.29) is 11.8 Å². The highest BCUT2D eigenvalue weighted by Gasteiger charge is 2.35. The lowest BCUT2D eigenvalue weighted by atomic mass is 9.82. The zero-order valence-electron chi connectivity index (χ0n) is 16.5. The van der Waals surface area contributed by atoms with Crippen molar-refractivity contribution < 1.29 is 4.74 Å². The van der Waals surface area contributed by atoms with E-state index in [1.165, 1.54) is 5.56 Å². The molecule has 146 valence electrons. The average molecular weight is 392 g/mol. The van der Waals surface area contributed by atoms with Crippen LogP contribution in [0.25, 0.3) is 22.0 Å². The van der Waals surface area contributed by atoms with Crippen molar-refractivity contribution in [1.29, 1.82) is 5.26 Å². The molecule has 4 aromatic rings. The predicted molar refractivity (Wildman–Crippen MR) is 117 cm³/mol. The number of rotatable bonds is 3. The fourth-order valence-electron chi connectivity index (χ4n) is 4.17. The third-order valence-corrected chi connectivity index (χ3v) is 5.72. The van der Waals surface area contributed by atoms with Crippen LogP contribution in [-0.2, 0) is 6.42 Å². The van der Waals surface area contributed by atoms with Crippen LogP contribution in [-0.4, -0.2) is 10.2 Å². The van der Waals surface area contributed by atoms with E-state index in [0.29, 0.717) is 11.5 Å². The van der Waals surface area contributed by atoms with E-state index < -0.39 is 0 Å². The number of nitrogens with zero attached hydrogens (tertiary/aromatic N) is 2. The highest BCUT2D eigenvalue weighted by atomic mass is 16.5. The van der Waals surface area contributed by atoms with Gasteiger partial charge in [0, 0.05) is 5.56 Å². The van der Waals surface area contributed by atoms with E-state index in [2.05, 4.69) is 71.7 Å². The zero-order chi connectivity index (χ0) is 20.7. The van der Waals surface area contributed by atoms with E-state index in [4.69, 9.17) is 10.5 Å². The molecule has 30 heavy (non-hydrogen) atoms. The maximum atomic E-state index is 9.89. The summed E-state index contributed by atoms with van der Waals surface area (Å²) in [4.78, 5) is 0. The molecule has 1 aliphatic rings. The Kier molecular flexibility index (Phi) is 4.26. The van der Waals surface area contributed by atoms with Gasteiger partial charge < -0.3 is 10.5 Å². The van der Waals surface area contributed by atoms with E-state index in [9.17, 15) is 5.26 Å². The molecular formula is C25H20N4O. The number of fused-ring (bicyclic) bond motifs is 2. The molecule has 0 radical (unpaired) electrons. The van der Waals surface area contributed by atoms with Crippen molar-refractivity contribution in [2.75, 3.05) is 0 Å². The normalized spacial score (nSPS) is 15.5. The van der Waals surface area contributed by atoms with Crippen molar-refractivity contribution >= 4 is 10.8 Å². The summed E-state index contributed by atoms with van der Waals surface area (Å²) in [5, 5.41) is 19.7. The lowest BCUT2D eigenvalue weighted by molar-refractivity contribution is 0.379. The lowest BCUT2D eigenvalue weighted by Gasteiger charge is -2.24. The molecule has 5 heteroatoms. The fraction of sp³-hybridized carbons (Fsp3) is 0.120. The molecule has 0 saturated carbocycles. The molecular weight excluding hydrogens is 372 g/mol. The minimum Gasteiger partial charge on any atom is -0.420 e. The van der Waals surface area contributed by atoms with Crippen LogP contribution in [0.4, 0.5) is 0 Å². The molecule has 0 fully saturated rings. The highest BCUT2D eigenvalue weighted by Crippen LogP contribution is 2.46. The van der Waals surface area contributed by atoms with Crippen molar-refractivity contribution in [3.05, 3.63) is 94.9 Å². The number of H-pyrrole nitrogens is 1. The first-order valence-corrected chi connectivity index (χ1v) is 9.94. The number of aryl methyl sites for hydroxylation is 1. The fourth-order valence-corrected chi connectivity index (χ4v) is 4.17. The molecule has 0 saturated heterocycles. The zero-order valence-corrected chi connectivity index (χ0v) is 16.5. The second kappa shape index (κ2) is 7.09. The van der Waals surface area contributed by atoms with Gasteiger partial charge in [0.2, 0.25) is 11.8 Å². The Labute approximate surface area is 174 Å². The molecule has 1 aliphatic heterocycles. The van der Waals surface area contributed by atoms with Gasteiger partial charge in [-0.05, 0) is 28.3 Å². The predicted octanol–water partition coefficient (Wildman–Crippen LogP) is 5.01. The first-order chi connectivity index (χ1) is 14.7. The molecule has 0 aliphatic carbocycles. The van der Waals surface area contributed by atoms with Gasteiger partial charge in [-0.2, -0.15) is 5.26 Å². The number of hydrogen-bond acceptors (Lipinski definition) is 4. The minimum absolute atomic E-state index is 0.102. The van der Waals surface area contributed by atoms with Crippen LogP contribution in [0.2, 0.25) is 0 Å². The number of aromatic amines is 1. The number of aromatic nitrogens is 2. The van der Waals surface area contributed by atoms with Gasteiger partial charge >= 0.3 is 0 Å². The van der Waals surface area contributed by atoms with Crippen molar-refractivity contribution in [3.8, 4) is 23.2 Å². The van der Waals surface area contributed by atoms with Crippen LogP contribution in [0.15, 0.2) is 78.2 Å². The molecule has 3 N–H and O–H groups in total. The molecule has 5 nitrogen and oxygen atoms in total. The van der Waals surface area contributed by atoms with Crippen molar-refractivity contribution in [3.63, 3.8) is 0 Å². The number of allylic oxidation sites excluding steroid dienone is 1.